The van der Waals surface area contributed by atoms with Gasteiger partial charge in [-0.05, 0) is 18.2 Å². The Morgan fingerprint density at radius 1 is 1.25 bits per heavy atom. The van der Waals surface area contributed by atoms with Crippen molar-refractivity contribution in [3.8, 4) is 5.75 Å². The van der Waals surface area contributed by atoms with E-state index in [0.29, 0.717) is 0 Å². The zero-order chi connectivity index (χ0) is 8.72. The molecule has 2 rings (SSSR count). The maximum atomic E-state index is 12.5. The lowest BCUT2D eigenvalue weighted by atomic mass is 10.1. The van der Waals surface area contributed by atoms with E-state index in [0.717, 1.165) is 12.1 Å². The van der Waals surface area contributed by atoms with Crippen LogP contribution in [0.25, 0.3) is 0 Å². The molecule has 1 aromatic rings. The Morgan fingerprint density at radius 2 is 2.00 bits per heavy atom. The number of halogens is 1. The molecule has 0 amide bonds. The van der Waals surface area contributed by atoms with E-state index in [1.807, 2.05) is 0 Å². The fourth-order valence-electron chi connectivity index (χ4n) is 1.02. The van der Waals surface area contributed by atoms with Crippen LogP contribution in [0.1, 0.15) is 10.4 Å². The fraction of sp³-hybridized carbons (Fsp3) is 0. The number of ether oxygens (including phenoxy) is 1. The molecule has 0 bridgehead atoms. The zero-order valence-electron chi connectivity index (χ0n) is 5.83. The highest BCUT2D eigenvalue weighted by atomic mass is 19.1. The highest BCUT2D eigenvalue weighted by Crippen LogP contribution is 2.25. The average molecular weight is 166 g/mol. The van der Waals surface area contributed by atoms with Crippen molar-refractivity contribution >= 4 is 11.8 Å². The molecule has 60 valence electrons. The van der Waals surface area contributed by atoms with Gasteiger partial charge < -0.3 is 4.74 Å². The normalized spacial score (nSPS) is 14.4. The molecule has 1 aliphatic rings. The Balaban J connectivity index is 2.63. The van der Waals surface area contributed by atoms with Crippen LogP contribution in [0.3, 0.4) is 0 Å². The second kappa shape index (κ2) is 2.14. The van der Waals surface area contributed by atoms with Gasteiger partial charge in [-0.25, -0.2) is 9.18 Å². The van der Waals surface area contributed by atoms with Crippen LogP contribution in [0.4, 0.5) is 4.39 Å². The lowest BCUT2D eigenvalue weighted by molar-refractivity contribution is -0.128. The summed E-state index contributed by atoms with van der Waals surface area (Å²) in [6, 6.07) is 3.38. The number of benzene rings is 1. The van der Waals surface area contributed by atoms with Gasteiger partial charge in [0.25, 0.3) is 5.78 Å². The molecule has 0 aliphatic carbocycles. The van der Waals surface area contributed by atoms with Crippen LogP contribution < -0.4 is 4.74 Å². The van der Waals surface area contributed by atoms with Gasteiger partial charge in [-0.1, -0.05) is 0 Å². The lowest BCUT2D eigenvalue weighted by Crippen LogP contribution is -2.10. The van der Waals surface area contributed by atoms with E-state index in [4.69, 9.17) is 0 Å². The molecule has 0 saturated carbocycles. The molecule has 0 unspecified atom stereocenters. The zero-order valence-corrected chi connectivity index (χ0v) is 5.83. The summed E-state index contributed by atoms with van der Waals surface area (Å²) in [6.45, 7) is 0. The van der Waals surface area contributed by atoms with E-state index >= 15 is 0 Å². The summed E-state index contributed by atoms with van der Waals surface area (Å²) < 4.78 is 17.1. The van der Waals surface area contributed by atoms with Gasteiger partial charge >= 0.3 is 5.97 Å². The highest BCUT2D eigenvalue weighted by molar-refractivity contribution is 6.44. The van der Waals surface area contributed by atoms with Gasteiger partial charge in [0.1, 0.15) is 11.6 Å². The molecule has 4 heteroatoms. The summed E-state index contributed by atoms with van der Waals surface area (Å²) in [4.78, 5) is 21.6. The molecule has 1 aliphatic heterocycles. The van der Waals surface area contributed by atoms with E-state index in [-0.39, 0.29) is 11.3 Å². The summed E-state index contributed by atoms with van der Waals surface area (Å²) in [5.41, 5.74) is 0.000000000000000222. The van der Waals surface area contributed by atoms with Gasteiger partial charge in [-0.2, -0.15) is 0 Å². The Morgan fingerprint density at radius 3 is 2.75 bits per heavy atom. The van der Waals surface area contributed by atoms with Crippen molar-refractivity contribution < 1.29 is 18.7 Å². The van der Waals surface area contributed by atoms with E-state index < -0.39 is 17.6 Å². The summed E-state index contributed by atoms with van der Waals surface area (Å²) >= 11 is 0. The van der Waals surface area contributed by atoms with Crippen LogP contribution >= 0.6 is 0 Å². The molecule has 0 spiro atoms. The predicted octanol–water partition coefficient (Wildman–Crippen LogP) is 0.927. The summed E-state index contributed by atoms with van der Waals surface area (Å²) in [6.07, 6.45) is 0. The van der Waals surface area contributed by atoms with Crippen molar-refractivity contribution in [1.29, 1.82) is 0 Å². The van der Waals surface area contributed by atoms with E-state index in [1.54, 1.807) is 0 Å². The lowest BCUT2D eigenvalue weighted by Gasteiger charge is -1.92. The molecule has 0 fully saturated rings. The van der Waals surface area contributed by atoms with Gasteiger partial charge in [0.2, 0.25) is 0 Å². The molecular weight excluding hydrogens is 163 g/mol. The number of carbonyl (C=O) groups is 2. The van der Waals surface area contributed by atoms with Crippen molar-refractivity contribution in [3.05, 3.63) is 29.6 Å². The van der Waals surface area contributed by atoms with Crippen LogP contribution in [0.5, 0.6) is 5.75 Å². The standard InChI is InChI=1S/C8H3FO3/c9-4-1-2-6-5(3-4)7(10)8(11)12-6/h1-3H. The number of esters is 1. The number of rotatable bonds is 0. The molecule has 1 aromatic carbocycles. The minimum atomic E-state index is -0.949. The first kappa shape index (κ1) is 6.97. The van der Waals surface area contributed by atoms with Gasteiger partial charge in [-0.15, -0.1) is 0 Å². The fourth-order valence-corrected chi connectivity index (χ4v) is 1.02. The van der Waals surface area contributed by atoms with Crippen LogP contribution in [0.2, 0.25) is 0 Å². The van der Waals surface area contributed by atoms with E-state index in [2.05, 4.69) is 4.74 Å². The van der Waals surface area contributed by atoms with Gasteiger partial charge in [0.15, 0.2) is 0 Å². The average Bonchev–Trinajstić information content (AvgIpc) is 2.31. The molecule has 0 aromatic heterocycles. The van der Waals surface area contributed by atoms with Gasteiger partial charge in [0, 0.05) is 0 Å². The van der Waals surface area contributed by atoms with Crippen LogP contribution in [-0.4, -0.2) is 11.8 Å². The Labute approximate surface area is 66.8 Å². The molecule has 0 radical (unpaired) electrons. The molecule has 0 atom stereocenters. The second-order valence-electron chi connectivity index (χ2n) is 2.36. The smallest absolute Gasteiger partial charge is 0.385 e. The van der Waals surface area contributed by atoms with E-state index in [9.17, 15) is 14.0 Å². The molecule has 12 heavy (non-hydrogen) atoms. The van der Waals surface area contributed by atoms with Crippen LogP contribution in [0.15, 0.2) is 18.2 Å². The Bertz CT molecular complexity index is 384. The minimum absolute atomic E-state index is 0.000000000000000222. The minimum Gasteiger partial charge on any atom is -0.420 e. The van der Waals surface area contributed by atoms with Gasteiger partial charge in [0.05, 0.1) is 5.56 Å². The number of carbonyl (C=O) groups excluding carboxylic acids is 2. The topological polar surface area (TPSA) is 43.4 Å². The molecule has 0 N–H and O–H groups in total. The van der Waals surface area contributed by atoms with Crippen molar-refractivity contribution in [2.75, 3.05) is 0 Å². The third-order valence-corrected chi connectivity index (χ3v) is 1.57. The number of fused-ring (bicyclic) bond motifs is 1. The highest BCUT2D eigenvalue weighted by Gasteiger charge is 2.30. The quantitative estimate of drug-likeness (QED) is 0.327. The van der Waals surface area contributed by atoms with Crippen molar-refractivity contribution in [2.45, 2.75) is 0 Å². The maximum absolute atomic E-state index is 12.5. The van der Waals surface area contributed by atoms with Crippen LogP contribution in [-0.2, 0) is 4.79 Å². The second-order valence-corrected chi connectivity index (χ2v) is 2.36. The number of Topliss-reactive ketones (excluding diaryl/α,β-unsaturated/α-hetero) is 1. The van der Waals surface area contributed by atoms with E-state index in [1.165, 1.54) is 6.07 Å². The number of hydrogen-bond acceptors (Lipinski definition) is 3. The Hall–Kier alpha value is -1.71. The maximum Gasteiger partial charge on any atom is 0.385 e. The Kier molecular flexibility index (Phi) is 1.24. The summed E-state index contributed by atoms with van der Waals surface area (Å²) in [7, 11) is 0. The van der Waals surface area contributed by atoms with Crippen molar-refractivity contribution in [1.82, 2.24) is 0 Å². The number of hydrogen-bond donors (Lipinski definition) is 0. The van der Waals surface area contributed by atoms with Gasteiger partial charge in [-0.3, -0.25) is 4.79 Å². The molecular formula is C8H3FO3. The van der Waals surface area contributed by atoms with Crippen molar-refractivity contribution in [3.63, 3.8) is 0 Å². The summed E-state index contributed by atoms with van der Waals surface area (Å²) in [5, 5.41) is 0. The predicted molar refractivity (Wildman–Crippen MR) is 36.4 cm³/mol. The first-order valence-electron chi connectivity index (χ1n) is 3.24. The first-order valence-corrected chi connectivity index (χ1v) is 3.24. The third-order valence-electron chi connectivity index (χ3n) is 1.57. The largest absolute Gasteiger partial charge is 0.420 e. The molecule has 0 saturated heterocycles. The monoisotopic (exact) mass is 166 g/mol. The SMILES string of the molecule is O=C1Oc2ccc(F)cc2C1=O. The molecule has 1 heterocycles. The number of ketones is 1. The first-order chi connectivity index (χ1) is 5.68. The van der Waals surface area contributed by atoms with Crippen LogP contribution in [0, 0.1) is 5.82 Å². The summed E-state index contributed by atoms with van der Waals surface area (Å²) in [5.74, 6) is -2.16. The van der Waals surface area contributed by atoms with Crippen molar-refractivity contribution in [2.24, 2.45) is 0 Å². The molecule has 3 nitrogen and oxygen atoms in total. The third kappa shape index (κ3) is 0.812.